The molecule has 6 heteroatoms. The Balaban J connectivity index is 1.91. The molecule has 1 saturated heterocycles. The molecule has 0 bridgehead atoms. The molecule has 4 nitrogen and oxygen atoms in total. The van der Waals surface area contributed by atoms with Crippen molar-refractivity contribution < 1.29 is 8.42 Å². The number of piperidine rings is 1. The number of nitrogens with one attached hydrogen (secondary N) is 1. The van der Waals surface area contributed by atoms with Crippen LogP contribution in [0.25, 0.3) is 0 Å². The van der Waals surface area contributed by atoms with Crippen LogP contribution < -0.4 is 4.72 Å². The number of benzene rings is 1. The van der Waals surface area contributed by atoms with Gasteiger partial charge in [0.05, 0.1) is 4.90 Å². The van der Waals surface area contributed by atoms with E-state index in [2.05, 4.69) is 25.6 Å². The van der Waals surface area contributed by atoms with Gasteiger partial charge in [0.1, 0.15) is 0 Å². The van der Waals surface area contributed by atoms with Crippen LogP contribution in [0.3, 0.4) is 0 Å². The molecule has 0 atom stereocenters. The highest BCUT2D eigenvalue weighted by atomic mass is 79.9. The van der Waals surface area contributed by atoms with Crippen LogP contribution in [0.4, 0.5) is 0 Å². The lowest BCUT2D eigenvalue weighted by molar-refractivity contribution is 0.233. The second-order valence-corrected chi connectivity index (χ2v) is 7.83. The van der Waals surface area contributed by atoms with Crippen LogP contribution in [0.1, 0.15) is 24.8 Å². The van der Waals surface area contributed by atoms with E-state index in [4.69, 9.17) is 0 Å². The Morgan fingerprint density at radius 1 is 1.25 bits per heavy atom. The van der Waals surface area contributed by atoms with E-state index in [1.165, 1.54) is 19.3 Å². The van der Waals surface area contributed by atoms with Gasteiger partial charge < -0.3 is 4.90 Å². The Morgan fingerprint density at radius 3 is 2.60 bits per heavy atom. The zero-order chi connectivity index (χ0) is 14.6. The summed E-state index contributed by atoms with van der Waals surface area (Å²) in [6.07, 6.45) is 3.73. The average molecular weight is 361 g/mol. The van der Waals surface area contributed by atoms with Gasteiger partial charge in [-0.2, -0.15) is 0 Å². The number of halogens is 1. The average Bonchev–Trinajstić information content (AvgIpc) is 2.43. The van der Waals surface area contributed by atoms with Crippen molar-refractivity contribution in [1.29, 1.82) is 0 Å². The summed E-state index contributed by atoms with van der Waals surface area (Å²) in [6, 6.07) is 5.09. The summed E-state index contributed by atoms with van der Waals surface area (Å²) >= 11 is 3.38. The molecule has 1 aliphatic heterocycles. The van der Waals surface area contributed by atoms with Gasteiger partial charge in [-0.15, -0.1) is 0 Å². The minimum absolute atomic E-state index is 0.330. The second kappa shape index (κ2) is 7.02. The molecule has 1 aliphatic rings. The molecule has 0 unspecified atom stereocenters. The van der Waals surface area contributed by atoms with E-state index in [9.17, 15) is 8.42 Å². The fraction of sp³-hybridized carbons (Fsp3) is 0.571. The molecule has 0 aliphatic carbocycles. The number of likely N-dealkylation sites (tertiary alicyclic amines) is 1. The zero-order valence-corrected chi connectivity index (χ0v) is 14.1. The second-order valence-electron chi connectivity index (χ2n) is 5.21. The van der Waals surface area contributed by atoms with Crippen LogP contribution in [0.15, 0.2) is 27.6 Å². The van der Waals surface area contributed by atoms with Crippen molar-refractivity contribution in [3.63, 3.8) is 0 Å². The quantitative estimate of drug-likeness (QED) is 0.877. The standard InChI is InChI=1S/C14H21BrN2O2S/c1-12-11-13(5-6-14(12)15)20(18,19)16-7-10-17-8-3-2-4-9-17/h5-6,11,16H,2-4,7-10H2,1H3. The topological polar surface area (TPSA) is 49.4 Å². The van der Waals surface area contributed by atoms with E-state index in [1.54, 1.807) is 18.2 Å². The lowest BCUT2D eigenvalue weighted by Gasteiger charge is -2.26. The highest BCUT2D eigenvalue weighted by molar-refractivity contribution is 9.10. The smallest absolute Gasteiger partial charge is 0.240 e. The number of aryl methyl sites for hydroxylation is 1. The number of hydrogen-bond acceptors (Lipinski definition) is 3. The molecule has 1 N–H and O–H groups in total. The highest BCUT2D eigenvalue weighted by Gasteiger charge is 2.15. The summed E-state index contributed by atoms with van der Waals surface area (Å²) in [4.78, 5) is 2.65. The molecular formula is C14H21BrN2O2S. The van der Waals surface area contributed by atoms with Crippen molar-refractivity contribution in [3.8, 4) is 0 Å². The Hall–Kier alpha value is -0.430. The van der Waals surface area contributed by atoms with Crippen molar-refractivity contribution >= 4 is 26.0 Å². The van der Waals surface area contributed by atoms with Crippen LogP contribution >= 0.6 is 15.9 Å². The normalized spacial score (nSPS) is 17.3. The minimum atomic E-state index is -3.40. The van der Waals surface area contributed by atoms with Crippen molar-refractivity contribution in [2.45, 2.75) is 31.1 Å². The summed E-state index contributed by atoms with van der Waals surface area (Å²) in [5.41, 5.74) is 0.920. The van der Waals surface area contributed by atoms with Gasteiger partial charge in [0.25, 0.3) is 0 Å². The largest absolute Gasteiger partial charge is 0.302 e. The first-order valence-electron chi connectivity index (χ1n) is 6.97. The van der Waals surface area contributed by atoms with E-state index in [-0.39, 0.29) is 0 Å². The first kappa shape index (κ1) is 15.9. The molecule has 1 aromatic rings. The van der Waals surface area contributed by atoms with Crippen LogP contribution in [0.5, 0.6) is 0 Å². The van der Waals surface area contributed by atoms with Gasteiger partial charge in [-0.05, 0) is 56.6 Å². The highest BCUT2D eigenvalue weighted by Crippen LogP contribution is 2.19. The van der Waals surface area contributed by atoms with E-state index in [1.807, 2.05) is 6.92 Å². The molecule has 1 heterocycles. The molecule has 0 saturated carbocycles. The van der Waals surface area contributed by atoms with Gasteiger partial charge >= 0.3 is 0 Å². The Kier molecular flexibility index (Phi) is 5.60. The van der Waals surface area contributed by atoms with Gasteiger partial charge in [0, 0.05) is 17.6 Å². The molecule has 0 radical (unpaired) electrons. The van der Waals surface area contributed by atoms with E-state index in [0.29, 0.717) is 11.4 Å². The van der Waals surface area contributed by atoms with Crippen molar-refractivity contribution in [1.82, 2.24) is 9.62 Å². The third kappa shape index (κ3) is 4.28. The van der Waals surface area contributed by atoms with Gasteiger partial charge in [-0.25, -0.2) is 13.1 Å². The van der Waals surface area contributed by atoms with Crippen LogP contribution in [0.2, 0.25) is 0 Å². The van der Waals surface area contributed by atoms with Crippen LogP contribution in [-0.2, 0) is 10.0 Å². The van der Waals surface area contributed by atoms with Crippen molar-refractivity contribution in [2.24, 2.45) is 0 Å². The van der Waals surface area contributed by atoms with Crippen molar-refractivity contribution in [2.75, 3.05) is 26.2 Å². The third-order valence-electron chi connectivity index (χ3n) is 3.61. The number of sulfonamides is 1. The van der Waals surface area contributed by atoms with Gasteiger partial charge in [0.15, 0.2) is 0 Å². The first-order chi connectivity index (χ1) is 9.49. The lowest BCUT2D eigenvalue weighted by atomic mass is 10.1. The maximum Gasteiger partial charge on any atom is 0.240 e. The monoisotopic (exact) mass is 360 g/mol. The summed E-state index contributed by atoms with van der Waals surface area (Å²) in [5, 5.41) is 0. The maximum absolute atomic E-state index is 12.2. The SMILES string of the molecule is Cc1cc(S(=O)(=O)NCCN2CCCCC2)ccc1Br. The van der Waals surface area contributed by atoms with E-state index < -0.39 is 10.0 Å². The van der Waals surface area contributed by atoms with Crippen LogP contribution in [-0.4, -0.2) is 39.5 Å². The van der Waals surface area contributed by atoms with Gasteiger partial charge in [0.2, 0.25) is 10.0 Å². The van der Waals surface area contributed by atoms with Crippen LogP contribution in [0, 0.1) is 6.92 Å². The maximum atomic E-state index is 12.2. The molecule has 0 aromatic heterocycles. The predicted molar refractivity (Wildman–Crippen MR) is 84.4 cm³/mol. The minimum Gasteiger partial charge on any atom is -0.302 e. The molecule has 1 fully saturated rings. The fourth-order valence-corrected chi connectivity index (χ4v) is 3.74. The summed E-state index contributed by atoms with van der Waals surface area (Å²) in [7, 11) is -3.40. The Morgan fingerprint density at radius 2 is 1.95 bits per heavy atom. The van der Waals surface area contributed by atoms with Gasteiger partial charge in [-0.1, -0.05) is 22.4 Å². The molecule has 2 rings (SSSR count). The number of hydrogen-bond donors (Lipinski definition) is 1. The summed E-state index contributed by atoms with van der Waals surface area (Å²) in [6.45, 7) is 5.31. The number of rotatable bonds is 5. The Labute approximate surface area is 129 Å². The lowest BCUT2D eigenvalue weighted by Crippen LogP contribution is -2.37. The Bertz CT molecular complexity index is 554. The number of nitrogens with zero attached hydrogens (tertiary/aromatic N) is 1. The van der Waals surface area contributed by atoms with Crippen molar-refractivity contribution in [3.05, 3.63) is 28.2 Å². The third-order valence-corrected chi connectivity index (χ3v) is 5.96. The molecule has 0 spiro atoms. The van der Waals surface area contributed by atoms with E-state index >= 15 is 0 Å². The predicted octanol–water partition coefficient (Wildman–Crippen LogP) is 2.52. The zero-order valence-electron chi connectivity index (χ0n) is 11.7. The fourth-order valence-electron chi connectivity index (χ4n) is 2.39. The van der Waals surface area contributed by atoms with Gasteiger partial charge in [-0.3, -0.25) is 0 Å². The molecule has 20 heavy (non-hydrogen) atoms. The summed E-state index contributed by atoms with van der Waals surface area (Å²) in [5.74, 6) is 0. The molecule has 112 valence electrons. The molecule has 1 aromatic carbocycles. The molecular weight excluding hydrogens is 340 g/mol. The van der Waals surface area contributed by atoms with E-state index in [0.717, 1.165) is 29.7 Å². The summed E-state index contributed by atoms with van der Waals surface area (Å²) < 4.78 is 28.0. The first-order valence-corrected chi connectivity index (χ1v) is 9.25. The molecule has 0 amide bonds.